The number of nitrogens with one attached hydrogen (secondary N) is 1. The van der Waals surface area contributed by atoms with Crippen LogP contribution in [0.15, 0.2) is 29.8 Å². The number of hydrogen-bond donors (Lipinski definition) is 1. The molecule has 29 heavy (non-hydrogen) atoms. The van der Waals surface area contributed by atoms with E-state index in [2.05, 4.69) is 10.3 Å². The minimum atomic E-state index is -0.464. The maximum Gasteiger partial charge on any atom is 0.414 e. The monoisotopic (exact) mass is 416 g/mol. The van der Waals surface area contributed by atoms with Gasteiger partial charge in [-0.05, 0) is 31.2 Å². The first-order valence-corrected chi connectivity index (χ1v) is 10.1. The molecule has 1 aromatic carbocycles. The van der Waals surface area contributed by atoms with Crippen molar-refractivity contribution in [3.8, 4) is 0 Å². The Morgan fingerprint density at radius 3 is 2.62 bits per heavy atom. The fraction of sp³-hybridized carbons (Fsp3) is 0.368. The average Bonchev–Trinajstić information content (AvgIpc) is 3.32. The SMILES string of the molecule is Cc1ncsc1C(=O)NC[C@H]1CN(c2ccc(N3CCOCC3=O)cc2)C(=O)O1. The lowest BCUT2D eigenvalue weighted by molar-refractivity contribution is -0.125. The third-order valence-electron chi connectivity index (χ3n) is 4.77. The summed E-state index contributed by atoms with van der Waals surface area (Å²) < 4.78 is 10.5. The number of benzene rings is 1. The van der Waals surface area contributed by atoms with Crippen LogP contribution in [0.5, 0.6) is 0 Å². The fourth-order valence-electron chi connectivity index (χ4n) is 3.25. The number of aromatic nitrogens is 1. The zero-order valence-corrected chi connectivity index (χ0v) is 16.6. The highest BCUT2D eigenvalue weighted by Gasteiger charge is 2.33. The molecule has 4 rings (SSSR count). The summed E-state index contributed by atoms with van der Waals surface area (Å²) in [5, 5.41) is 2.79. The Bertz CT molecular complexity index is 929. The number of hydrogen-bond acceptors (Lipinski definition) is 7. The van der Waals surface area contributed by atoms with E-state index in [0.29, 0.717) is 36.0 Å². The minimum Gasteiger partial charge on any atom is -0.442 e. The van der Waals surface area contributed by atoms with Crippen molar-refractivity contribution in [2.75, 3.05) is 42.6 Å². The number of thiazole rings is 1. The topological polar surface area (TPSA) is 101 Å². The van der Waals surface area contributed by atoms with Crippen LogP contribution in [0.1, 0.15) is 15.4 Å². The smallest absolute Gasteiger partial charge is 0.414 e. The summed E-state index contributed by atoms with van der Waals surface area (Å²) in [7, 11) is 0. The van der Waals surface area contributed by atoms with Gasteiger partial charge in [-0.25, -0.2) is 9.78 Å². The van der Waals surface area contributed by atoms with Gasteiger partial charge in [0, 0.05) is 17.9 Å². The zero-order chi connectivity index (χ0) is 20.4. The summed E-state index contributed by atoms with van der Waals surface area (Å²) in [6, 6.07) is 7.16. The molecule has 0 aliphatic carbocycles. The van der Waals surface area contributed by atoms with Gasteiger partial charge in [-0.15, -0.1) is 11.3 Å². The van der Waals surface area contributed by atoms with Gasteiger partial charge < -0.3 is 19.7 Å². The summed E-state index contributed by atoms with van der Waals surface area (Å²) in [5.74, 6) is -0.310. The average molecular weight is 416 g/mol. The highest BCUT2D eigenvalue weighted by Crippen LogP contribution is 2.25. The highest BCUT2D eigenvalue weighted by molar-refractivity contribution is 7.11. The van der Waals surface area contributed by atoms with Crippen LogP contribution >= 0.6 is 11.3 Å². The molecule has 0 saturated carbocycles. The number of aryl methyl sites for hydroxylation is 1. The van der Waals surface area contributed by atoms with Gasteiger partial charge in [-0.2, -0.15) is 0 Å². The molecular weight excluding hydrogens is 396 g/mol. The first kappa shape index (κ1) is 19.3. The fourth-order valence-corrected chi connectivity index (χ4v) is 3.97. The molecule has 0 bridgehead atoms. The van der Waals surface area contributed by atoms with Crippen LogP contribution in [0.4, 0.5) is 16.2 Å². The van der Waals surface area contributed by atoms with E-state index >= 15 is 0 Å². The van der Waals surface area contributed by atoms with E-state index in [1.54, 1.807) is 41.6 Å². The predicted molar refractivity (Wildman–Crippen MR) is 106 cm³/mol. The molecule has 0 radical (unpaired) electrons. The summed E-state index contributed by atoms with van der Waals surface area (Å²) in [4.78, 5) is 44.2. The van der Waals surface area contributed by atoms with Crippen LogP contribution in [0.25, 0.3) is 0 Å². The lowest BCUT2D eigenvalue weighted by Crippen LogP contribution is -2.41. The number of carbonyl (C=O) groups is 3. The maximum atomic E-state index is 12.3. The molecule has 2 aromatic rings. The zero-order valence-electron chi connectivity index (χ0n) is 15.8. The molecule has 10 heteroatoms. The molecule has 2 fully saturated rings. The predicted octanol–water partition coefficient (Wildman–Crippen LogP) is 1.57. The van der Waals surface area contributed by atoms with Gasteiger partial charge in [0.1, 0.15) is 17.6 Å². The second-order valence-corrected chi connectivity index (χ2v) is 7.56. The first-order valence-electron chi connectivity index (χ1n) is 9.17. The van der Waals surface area contributed by atoms with Gasteiger partial charge in [-0.1, -0.05) is 0 Å². The van der Waals surface area contributed by atoms with Gasteiger partial charge in [0.05, 0.1) is 30.9 Å². The molecule has 1 N–H and O–H groups in total. The van der Waals surface area contributed by atoms with Gasteiger partial charge in [-0.3, -0.25) is 14.5 Å². The molecule has 2 aliphatic rings. The molecule has 1 atom stereocenters. The van der Waals surface area contributed by atoms with Crippen molar-refractivity contribution in [1.29, 1.82) is 0 Å². The van der Waals surface area contributed by atoms with Crippen molar-refractivity contribution in [1.82, 2.24) is 10.3 Å². The van der Waals surface area contributed by atoms with Crippen molar-refractivity contribution < 1.29 is 23.9 Å². The largest absolute Gasteiger partial charge is 0.442 e. The lowest BCUT2D eigenvalue weighted by Gasteiger charge is -2.27. The van der Waals surface area contributed by atoms with Gasteiger partial charge >= 0.3 is 6.09 Å². The Morgan fingerprint density at radius 2 is 1.97 bits per heavy atom. The Balaban J connectivity index is 1.36. The van der Waals surface area contributed by atoms with E-state index in [4.69, 9.17) is 9.47 Å². The van der Waals surface area contributed by atoms with Crippen LogP contribution in [0.2, 0.25) is 0 Å². The third kappa shape index (κ3) is 4.08. The Labute approximate surface area is 171 Å². The normalized spacial score (nSPS) is 19.4. The molecule has 1 aromatic heterocycles. The lowest BCUT2D eigenvalue weighted by atomic mass is 10.2. The number of nitrogens with zero attached hydrogens (tertiary/aromatic N) is 3. The maximum absolute atomic E-state index is 12.3. The third-order valence-corrected chi connectivity index (χ3v) is 5.70. The molecule has 0 spiro atoms. The van der Waals surface area contributed by atoms with Crippen molar-refractivity contribution in [2.45, 2.75) is 13.0 Å². The van der Waals surface area contributed by atoms with Crippen molar-refractivity contribution in [2.24, 2.45) is 0 Å². The highest BCUT2D eigenvalue weighted by atomic mass is 32.1. The summed E-state index contributed by atoms with van der Waals surface area (Å²) in [6.07, 6.45) is -0.909. The number of anilines is 2. The Hall–Kier alpha value is -2.98. The van der Waals surface area contributed by atoms with Crippen molar-refractivity contribution >= 4 is 40.6 Å². The first-order chi connectivity index (χ1) is 14.0. The van der Waals surface area contributed by atoms with E-state index in [1.807, 2.05) is 0 Å². The standard InChI is InChI=1S/C19H20N4O5S/c1-12-17(29-11-21-12)18(25)20-8-15-9-23(19(26)28-15)14-4-2-13(3-5-14)22-6-7-27-10-16(22)24/h2-5,11,15H,6-10H2,1H3,(H,20,25)/t15-/m0/s1. The Morgan fingerprint density at radius 1 is 1.24 bits per heavy atom. The van der Waals surface area contributed by atoms with E-state index < -0.39 is 12.2 Å². The van der Waals surface area contributed by atoms with Crippen molar-refractivity contribution in [3.05, 3.63) is 40.3 Å². The van der Waals surface area contributed by atoms with Gasteiger partial charge in [0.25, 0.3) is 11.8 Å². The second kappa shape index (κ2) is 8.18. The van der Waals surface area contributed by atoms with E-state index in [0.717, 1.165) is 5.69 Å². The summed E-state index contributed by atoms with van der Waals surface area (Å²) in [6.45, 7) is 3.41. The number of ether oxygens (including phenoxy) is 2. The molecular formula is C19H20N4O5S. The quantitative estimate of drug-likeness (QED) is 0.794. The molecule has 0 unspecified atom stereocenters. The number of rotatable bonds is 5. The van der Waals surface area contributed by atoms with Crippen LogP contribution in [0, 0.1) is 6.92 Å². The second-order valence-electron chi connectivity index (χ2n) is 6.71. The van der Waals surface area contributed by atoms with Gasteiger partial charge in [0.15, 0.2) is 0 Å². The number of cyclic esters (lactones) is 1. The van der Waals surface area contributed by atoms with E-state index in [1.165, 1.54) is 16.2 Å². The Kier molecular flexibility index (Phi) is 5.45. The molecule has 2 saturated heterocycles. The van der Waals surface area contributed by atoms with E-state index in [-0.39, 0.29) is 25.0 Å². The molecule has 152 valence electrons. The van der Waals surface area contributed by atoms with Gasteiger partial charge in [0.2, 0.25) is 0 Å². The molecule has 2 aliphatic heterocycles. The number of amides is 3. The minimum absolute atomic E-state index is 0.0780. The number of morpholine rings is 1. The summed E-state index contributed by atoms with van der Waals surface area (Å²) in [5.41, 5.74) is 3.73. The molecule has 9 nitrogen and oxygen atoms in total. The van der Waals surface area contributed by atoms with Crippen LogP contribution in [0.3, 0.4) is 0 Å². The molecule has 3 amide bonds. The van der Waals surface area contributed by atoms with Crippen LogP contribution in [-0.2, 0) is 14.3 Å². The van der Waals surface area contributed by atoms with Crippen molar-refractivity contribution in [3.63, 3.8) is 0 Å². The number of carbonyl (C=O) groups excluding carboxylic acids is 3. The van der Waals surface area contributed by atoms with E-state index in [9.17, 15) is 14.4 Å². The molecule has 3 heterocycles. The van der Waals surface area contributed by atoms with Crippen LogP contribution < -0.4 is 15.1 Å². The van der Waals surface area contributed by atoms with Crippen LogP contribution in [-0.4, -0.2) is 61.8 Å². The summed E-state index contributed by atoms with van der Waals surface area (Å²) >= 11 is 1.27.